The second-order valence-electron chi connectivity index (χ2n) is 3.84. The first kappa shape index (κ1) is 12.6. The van der Waals surface area contributed by atoms with E-state index in [1.54, 1.807) is 6.33 Å². The number of halogens is 1. The van der Waals surface area contributed by atoms with Crippen molar-refractivity contribution in [1.29, 1.82) is 0 Å². The quantitative estimate of drug-likeness (QED) is 0.770. The lowest BCUT2D eigenvalue weighted by molar-refractivity contribution is 0.928. The summed E-state index contributed by atoms with van der Waals surface area (Å²) in [7, 11) is 0. The number of hydrogen-bond donors (Lipinski definition) is 0. The molecule has 3 nitrogen and oxygen atoms in total. The second-order valence-corrected chi connectivity index (χ2v) is 4.28. The van der Waals surface area contributed by atoms with Gasteiger partial charge in [-0.05, 0) is 18.2 Å². The van der Waals surface area contributed by atoms with Gasteiger partial charge in [-0.1, -0.05) is 23.8 Å². The number of hydrogen-bond acceptors (Lipinski definition) is 3. The fraction of sp³-hybridized carbons (Fsp3) is 0.143. The Labute approximate surface area is 111 Å². The Bertz CT molecular complexity index is 570. The van der Waals surface area contributed by atoms with Crippen LogP contribution in [0.15, 0.2) is 49.8 Å². The molecule has 0 aliphatic rings. The average molecular weight is 260 g/mol. The predicted molar refractivity (Wildman–Crippen MR) is 77.2 cm³/mol. The highest BCUT2D eigenvalue weighted by Gasteiger charge is 2.10. The largest absolute Gasteiger partial charge is 0.349 e. The minimum atomic E-state index is 0.677. The maximum atomic E-state index is 6.04. The highest BCUT2D eigenvalue weighted by atomic mass is 35.5. The Kier molecular flexibility index (Phi) is 3.95. The number of nitrogens with zero attached hydrogens (tertiary/aromatic N) is 3. The van der Waals surface area contributed by atoms with Gasteiger partial charge < -0.3 is 4.90 Å². The first-order valence-electron chi connectivity index (χ1n) is 5.63. The Morgan fingerprint density at radius 3 is 2.56 bits per heavy atom. The molecule has 0 bridgehead atoms. The van der Waals surface area contributed by atoms with Crippen LogP contribution >= 0.6 is 11.6 Å². The SMILES string of the molecule is C=CCN(CC=C)c1ncnc2ccc(Cl)cc12. The standard InChI is InChI=1S/C14H14ClN3/c1-3-7-18(8-4-2)14-12-9-11(15)5-6-13(12)16-10-17-14/h3-6,9-10H,1-2,7-8H2. The smallest absolute Gasteiger partial charge is 0.140 e. The molecule has 0 N–H and O–H groups in total. The molecule has 0 radical (unpaired) electrons. The van der Waals surface area contributed by atoms with E-state index in [1.165, 1.54) is 0 Å². The van der Waals surface area contributed by atoms with Crippen LogP contribution in [0, 0.1) is 0 Å². The molecule has 2 aromatic rings. The molecule has 0 fully saturated rings. The van der Waals surface area contributed by atoms with Crippen LogP contribution in [-0.2, 0) is 0 Å². The molecular weight excluding hydrogens is 246 g/mol. The van der Waals surface area contributed by atoms with Crippen LogP contribution in [0.1, 0.15) is 0 Å². The van der Waals surface area contributed by atoms with E-state index < -0.39 is 0 Å². The van der Waals surface area contributed by atoms with Gasteiger partial charge >= 0.3 is 0 Å². The summed E-state index contributed by atoms with van der Waals surface area (Å²) < 4.78 is 0. The van der Waals surface area contributed by atoms with E-state index in [-0.39, 0.29) is 0 Å². The number of rotatable bonds is 5. The second kappa shape index (κ2) is 5.65. The molecular formula is C14H14ClN3. The van der Waals surface area contributed by atoms with E-state index in [0.717, 1.165) is 16.7 Å². The normalized spacial score (nSPS) is 10.3. The zero-order valence-electron chi connectivity index (χ0n) is 10.0. The van der Waals surface area contributed by atoms with E-state index in [4.69, 9.17) is 11.6 Å². The lowest BCUT2D eigenvalue weighted by Crippen LogP contribution is -2.24. The van der Waals surface area contributed by atoms with Gasteiger partial charge in [0.15, 0.2) is 0 Å². The van der Waals surface area contributed by atoms with Crippen LogP contribution < -0.4 is 4.90 Å². The van der Waals surface area contributed by atoms with Gasteiger partial charge in [0.1, 0.15) is 12.1 Å². The van der Waals surface area contributed by atoms with Gasteiger partial charge in [-0.3, -0.25) is 0 Å². The van der Waals surface area contributed by atoms with Crippen LogP contribution in [0.5, 0.6) is 0 Å². The van der Waals surface area contributed by atoms with Crippen molar-refractivity contribution in [1.82, 2.24) is 9.97 Å². The Balaban J connectivity index is 2.56. The highest BCUT2D eigenvalue weighted by molar-refractivity contribution is 6.31. The van der Waals surface area contributed by atoms with E-state index in [9.17, 15) is 0 Å². The third-order valence-corrected chi connectivity index (χ3v) is 2.81. The molecule has 0 spiro atoms. The van der Waals surface area contributed by atoms with Gasteiger partial charge in [0, 0.05) is 23.5 Å². The van der Waals surface area contributed by atoms with Gasteiger partial charge in [0.2, 0.25) is 0 Å². The molecule has 1 heterocycles. The van der Waals surface area contributed by atoms with Gasteiger partial charge in [0.05, 0.1) is 5.52 Å². The van der Waals surface area contributed by atoms with E-state index in [1.807, 2.05) is 30.4 Å². The zero-order chi connectivity index (χ0) is 13.0. The van der Waals surface area contributed by atoms with Crippen molar-refractivity contribution < 1.29 is 0 Å². The Morgan fingerprint density at radius 1 is 1.17 bits per heavy atom. The molecule has 0 amide bonds. The molecule has 2 rings (SSSR count). The summed E-state index contributed by atoms with van der Waals surface area (Å²) in [6, 6.07) is 5.60. The van der Waals surface area contributed by atoms with Gasteiger partial charge in [0.25, 0.3) is 0 Å². The predicted octanol–water partition coefficient (Wildman–Crippen LogP) is 3.46. The third-order valence-electron chi connectivity index (χ3n) is 2.57. The molecule has 0 aliphatic heterocycles. The number of anilines is 1. The number of benzene rings is 1. The van der Waals surface area contributed by atoms with Crippen molar-refractivity contribution in [2.45, 2.75) is 0 Å². The van der Waals surface area contributed by atoms with E-state index >= 15 is 0 Å². The van der Waals surface area contributed by atoms with Crippen molar-refractivity contribution in [3.63, 3.8) is 0 Å². The molecule has 18 heavy (non-hydrogen) atoms. The summed E-state index contributed by atoms with van der Waals surface area (Å²) in [4.78, 5) is 10.7. The van der Waals surface area contributed by atoms with Gasteiger partial charge in [-0.15, -0.1) is 13.2 Å². The van der Waals surface area contributed by atoms with Crippen molar-refractivity contribution in [2.24, 2.45) is 0 Å². The fourth-order valence-corrected chi connectivity index (χ4v) is 2.00. The maximum Gasteiger partial charge on any atom is 0.140 e. The summed E-state index contributed by atoms with van der Waals surface area (Å²) >= 11 is 6.04. The summed E-state index contributed by atoms with van der Waals surface area (Å²) in [6.45, 7) is 8.92. The van der Waals surface area contributed by atoms with Crippen LogP contribution in [-0.4, -0.2) is 23.1 Å². The minimum Gasteiger partial charge on any atom is -0.349 e. The first-order valence-corrected chi connectivity index (χ1v) is 6.01. The fourth-order valence-electron chi connectivity index (χ4n) is 1.83. The number of aromatic nitrogens is 2. The lowest BCUT2D eigenvalue weighted by atomic mass is 10.2. The summed E-state index contributed by atoms with van der Waals surface area (Å²) in [5, 5.41) is 1.62. The highest BCUT2D eigenvalue weighted by Crippen LogP contribution is 2.25. The number of fused-ring (bicyclic) bond motifs is 1. The van der Waals surface area contributed by atoms with E-state index in [2.05, 4.69) is 28.0 Å². The topological polar surface area (TPSA) is 29.0 Å². The Hall–Kier alpha value is -1.87. The molecule has 0 atom stereocenters. The molecule has 0 saturated carbocycles. The van der Waals surface area contributed by atoms with Crippen molar-refractivity contribution in [2.75, 3.05) is 18.0 Å². The monoisotopic (exact) mass is 259 g/mol. The summed E-state index contributed by atoms with van der Waals surface area (Å²) in [5.74, 6) is 0.849. The van der Waals surface area contributed by atoms with Crippen LogP contribution in [0.4, 0.5) is 5.82 Å². The third kappa shape index (κ3) is 2.51. The molecule has 92 valence electrons. The first-order chi connectivity index (χ1) is 8.76. The van der Waals surface area contributed by atoms with Crippen LogP contribution in [0.2, 0.25) is 5.02 Å². The molecule has 0 aliphatic carbocycles. The van der Waals surface area contributed by atoms with Gasteiger partial charge in [-0.2, -0.15) is 0 Å². The van der Waals surface area contributed by atoms with Crippen LogP contribution in [0.3, 0.4) is 0 Å². The van der Waals surface area contributed by atoms with Crippen molar-refractivity contribution >= 4 is 28.3 Å². The van der Waals surface area contributed by atoms with Gasteiger partial charge in [-0.25, -0.2) is 9.97 Å². The van der Waals surface area contributed by atoms with Crippen molar-refractivity contribution in [3.8, 4) is 0 Å². The molecule has 1 aromatic heterocycles. The summed E-state index contributed by atoms with van der Waals surface area (Å²) in [5.41, 5.74) is 0.877. The van der Waals surface area contributed by atoms with E-state index in [0.29, 0.717) is 18.1 Å². The molecule has 0 saturated heterocycles. The molecule has 4 heteroatoms. The van der Waals surface area contributed by atoms with Crippen molar-refractivity contribution in [3.05, 3.63) is 54.9 Å². The minimum absolute atomic E-state index is 0.677. The summed E-state index contributed by atoms with van der Waals surface area (Å²) in [6.07, 6.45) is 5.23. The van der Waals surface area contributed by atoms with Crippen LogP contribution in [0.25, 0.3) is 10.9 Å². The molecule has 1 aromatic carbocycles. The molecule has 0 unspecified atom stereocenters. The maximum absolute atomic E-state index is 6.04. The Morgan fingerprint density at radius 2 is 1.89 bits per heavy atom. The zero-order valence-corrected chi connectivity index (χ0v) is 10.8. The lowest BCUT2D eigenvalue weighted by Gasteiger charge is -2.21. The average Bonchev–Trinajstić information content (AvgIpc) is 2.38.